The summed E-state index contributed by atoms with van der Waals surface area (Å²) >= 11 is 6.05. The number of hydrogen-bond donors (Lipinski definition) is 1. The van der Waals surface area contributed by atoms with Crippen LogP contribution in [-0.2, 0) is 6.42 Å². The third-order valence-corrected chi connectivity index (χ3v) is 3.67. The van der Waals surface area contributed by atoms with Crippen molar-refractivity contribution >= 4 is 11.6 Å². The maximum Gasteiger partial charge on any atom is 0.142 e. The van der Waals surface area contributed by atoms with Crippen LogP contribution in [0.2, 0.25) is 5.02 Å². The lowest BCUT2D eigenvalue weighted by atomic mass is 10.0. The van der Waals surface area contributed by atoms with Gasteiger partial charge >= 0.3 is 0 Å². The van der Waals surface area contributed by atoms with Gasteiger partial charge in [-0.3, -0.25) is 0 Å². The Hall–Kier alpha value is -1.52. The van der Waals surface area contributed by atoms with Crippen LogP contribution >= 0.6 is 11.6 Å². The van der Waals surface area contributed by atoms with Crippen molar-refractivity contribution in [2.45, 2.75) is 32.7 Å². The smallest absolute Gasteiger partial charge is 0.142 e. The molecule has 1 unspecified atom stereocenters. The van der Waals surface area contributed by atoms with Crippen molar-refractivity contribution in [2.75, 3.05) is 6.54 Å². The Kier molecular flexibility index (Phi) is 5.65. The van der Waals surface area contributed by atoms with Gasteiger partial charge in [-0.25, -0.2) is 14.4 Å². The van der Waals surface area contributed by atoms with Crippen molar-refractivity contribution in [2.24, 2.45) is 0 Å². The molecule has 0 bridgehead atoms. The van der Waals surface area contributed by atoms with Gasteiger partial charge < -0.3 is 5.32 Å². The van der Waals surface area contributed by atoms with Crippen molar-refractivity contribution in [3.8, 4) is 0 Å². The van der Waals surface area contributed by atoms with Gasteiger partial charge in [0.05, 0.1) is 16.8 Å². The summed E-state index contributed by atoms with van der Waals surface area (Å²) in [6, 6.07) is 6.77. The molecular formula is C16H19ClFN3. The Morgan fingerprint density at radius 3 is 2.86 bits per heavy atom. The van der Waals surface area contributed by atoms with E-state index in [1.54, 1.807) is 12.3 Å². The lowest BCUT2D eigenvalue weighted by Crippen LogP contribution is -2.25. The van der Waals surface area contributed by atoms with Crippen LogP contribution in [-0.4, -0.2) is 16.5 Å². The van der Waals surface area contributed by atoms with E-state index in [-0.39, 0.29) is 16.9 Å². The zero-order valence-corrected chi connectivity index (χ0v) is 13.0. The fourth-order valence-corrected chi connectivity index (χ4v) is 2.40. The molecule has 3 nitrogen and oxygen atoms in total. The predicted molar refractivity (Wildman–Crippen MR) is 82.9 cm³/mol. The molecule has 0 fully saturated rings. The van der Waals surface area contributed by atoms with Gasteiger partial charge in [0.25, 0.3) is 0 Å². The van der Waals surface area contributed by atoms with Gasteiger partial charge in [-0.2, -0.15) is 0 Å². The summed E-state index contributed by atoms with van der Waals surface area (Å²) < 4.78 is 13.6. The summed E-state index contributed by atoms with van der Waals surface area (Å²) in [6.07, 6.45) is 3.34. The van der Waals surface area contributed by atoms with Gasteiger partial charge in [0.15, 0.2) is 0 Å². The zero-order chi connectivity index (χ0) is 15.2. The Labute approximate surface area is 129 Å². The van der Waals surface area contributed by atoms with Gasteiger partial charge in [-0.1, -0.05) is 30.7 Å². The van der Waals surface area contributed by atoms with Crippen LogP contribution in [0.4, 0.5) is 4.39 Å². The molecule has 1 atom stereocenters. The van der Waals surface area contributed by atoms with Gasteiger partial charge in [0.2, 0.25) is 0 Å². The Morgan fingerprint density at radius 1 is 1.33 bits per heavy atom. The summed E-state index contributed by atoms with van der Waals surface area (Å²) in [5, 5.41) is 3.62. The normalized spacial score (nSPS) is 12.4. The molecule has 1 N–H and O–H groups in total. The quantitative estimate of drug-likeness (QED) is 0.880. The molecule has 1 heterocycles. The van der Waals surface area contributed by atoms with Crippen LogP contribution in [0.25, 0.3) is 0 Å². The Morgan fingerprint density at radius 2 is 2.14 bits per heavy atom. The average Bonchev–Trinajstić information content (AvgIpc) is 2.47. The van der Waals surface area contributed by atoms with Crippen LogP contribution in [0.15, 0.2) is 30.5 Å². The maximum atomic E-state index is 13.6. The second kappa shape index (κ2) is 7.48. The highest BCUT2D eigenvalue weighted by atomic mass is 35.5. The van der Waals surface area contributed by atoms with Crippen LogP contribution in [0.1, 0.15) is 36.5 Å². The van der Waals surface area contributed by atoms with Gasteiger partial charge in [-0.05, 0) is 44.0 Å². The first kappa shape index (κ1) is 15.9. The van der Waals surface area contributed by atoms with Crippen LogP contribution in [0.3, 0.4) is 0 Å². The molecule has 0 spiro atoms. The summed E-state index contributed by atoms with van der Waals surface area (Å²) in [7, 11) is 0. The van der Waals surface area contributed by atoms with E-state index in [4.69, 9.17) is 11.6 Å². The standard InChI is InChI=1S/C16H19ClFN3/c1-3-8-20-15(14-7-9-19-11(2)21-14)10-12-5-4-6-13(18)16(12)17/h4-7,9,15,20H,3,8,10H2,1-2H3. The number of nitrogens with zero attached hydrogens (tertiary/aromatic N) is 2. The van der Waals surface area contributed by atoms with E-state index in [1.165, 1.54) is 6.07 Å². The molecule has 1 aromatic heterocycles. The van der Waals surface area contributed by atoms with Crippen LogP contribution in [0.5, 0.6) is 0 Å². The molecule has 0 aliphatic carbocycles. The fraction of sp³-hybridized carbons (Fsp3) is 0.375. The molecule has 0 radical (unpaired) electrons. The average molecular weight is 308 g/mol. The fourth-order valence-electron chi connectivity index (χ4n) is 2.19. The Bertz CT molecular complexity index is 604. The topological polar surface area (TPSA) is 37.8 Å². The minimum Gasteiger partial charge on any atom is -0.308 e. The summed E-state index contributed by atoms with van der Waals surface area (Å²) in [6.45, 7) is 4.82. The molecule has 2 aromatic rings. The number of rotatable bonds is 6. The first-order valence-corrected chi connectivity index (χ1v) is 7.45. The maximum absolute atomic E-state index is 13.6. The minimum atomic E-state index is -0.387. The van der Waals surface area contributed by atoms with E-state index in [2.05, 4.69) is 22.2 Å². The highest BCUT2D eigenvalue weighted by molar-refractivity contribution is 6.31. The number of aryl methyl sites for hydroxylation is 1. The molecule has 0 saturated heterocycles. The summed E-state index contributed by atoms with van der Waals surface area (Å²) in [5.74, 6) is 0.336. The monoisotopic (exact) mass is 307 g/mol. The van der Waals surface area contributed by atoms with Crippen molar-refractivity contribution in [3.05, 3.63) is 58.4 Å². The highest BCUT2D eigenvalue weighted by Gasteiger charge is 2.16. The number of benzene rings is 1. The molecule has 0 aliphatic rings. The molecule has 0 aliphatic heterocycles. The zero-order valence-electron chi connectivity index (χ0n) is 12.2. The summed E-state index contributed by atoms with van der Waals surface area (Å²) in [5.41, 5.74) is 1.68. The second-order valence-corrected chi connectivity index (χ2v) is 5.33. The molecule has 0 saturated carbocycles. The molecule has 2 rings (SSSR count). The lowest BCUT2D eigenvalue weighted by Gasteiger charge is -2.19. The third kappa shape index (κ3) is 4.22. The molecular weight excluding hydrogens is 289 g/mol. The minimum absolute atomic E-state index is 0.00838. The van der Waals surface area contributed by atoms with Gasteiger partial charge in [0, 0.05) is 6.20 Å². The van der Waals surface area contributed by atoms with E-state index in [0.717, 1.165) is 30.0 Å². The second-order valence-electron chi connectivity index (χ2n) is 4.95. The van der Waals surface area contributed by atoms with E-state index >= 15 is 0 Å². The number of halogens is 2. The van der Waals surface area contributed by atoms with E-state index in [1.807, 2.05) is 19.1 Å². The van der Waals surface area contributed by atoms with E-state index < -0.39 is 0 Å². The van der Waals surface area contributed by atoms with Crippen molar-refractivity contribution in [1.82, 2.24) is 15.3 Å². The largest absolute Gasteiger partial charge is 0.308 e. The number of hydrogen-bond acceptors (Lipinski definition) is 3. The number of aromatic nitrogens is 2. The van der Waals surface area contributed by atoms with Crippen LogP contribution < -0.4 is 5.32 Å². The van der Waals surface area contributed by atoms with E-state index in [9.17, 15) is 4.39 Å². The molecule has 1 aromatic carbocycles. The van der Waals surface area contributed by atoms with Gasteiger partial charge in [0.1, 0.15) is 11.6 Å². The number of nitrogens with one attached hydrogen (secondary N) is 1. The van der Waals surface area contributed by atoms with Gasteiger partial charge in [-0.15, -0.1) is 0 Å². The van der Waals surface area contributed by atoms with Crippen molar-refractivity contribution in [1.29, 1.82) is 0 Å². The SMILES string of the molecule is CCCNC(Cc1cccc(F)c1Cl)c1ccnc(C)n1. The molecule has 0 amide bonds. The van der Waals surface area contributed by atoms with Crippen molar-refractivity contribution < 1.29 is 4.39 Å². The highest BCUT2D eigenvalue weighted by Crippen LogP contribution is 2.25. The first-order valence-electron chi connectivity index (χ1n) is 7.07. The third-order valence-electron chi connectivity index (χ3n) is 3.25. The summed E-state index contributed by atoms with van der Waals surface area (Å²) in [4.78, 5) is 8.58. The van der Waals surface area contributed by atoms with E-state index in [0.29, 0.717) is 6.42 Å². The predicted octanol–water partition coefficient (Wildman–Crippen LogP) is 3.86. The van der Waals surface area contributed by atoms with Crippen molar-refractivity contribution in [3.63, 3.8) is 0 Å². The van der Waals surface area contributed by atoms with Crippen LogP contribution in [0, 0.1) is 12.7 Å². The molecule has 21 heavy (non-hydrogen) atoms. The Balaban J connectivity index is 2.26. The molecule has 112 valence electrons. The lowest BCUT2D eigenvalue weighted by molar-refractivity contribution is 0.514. The molecule has 5 heteroatoms. The first-order chi connectivity index (χ1) is 10.1.